The summed E-state index contributed by atoms with van der Waals surface area (Å²) in [5.74, 6) is -1.29. The summed E-state index contributed by atoms with van der Waals surface area (Å²) in [7, 11) is -3.89. The number of hydrogen-bond acceptors (Lipinski definition) is 4. The number of nitrogens with one attached hydrogen (secondary N) is 1. The summed E-state index contributed by atoms with van der Waals surface area (Å²) in [6.07, 6.45) is 4.13. The predicted octanol–water partition coefficient (Wildman–Crippen LogP) is 1.83. The van der Waals surface area contributed by atoms with Crippen LogP contribution < -0.4 is 10.5 Å². The van der Waals surface area contributed by atoms with Gasteiger partial charge in [0.25, 0.3) is 0 Å². The molecule has 0 aromatic heterocycles. The molecule has 1 aromatic rings. The minimum atomic E-state index is -3.89. The smallest absolute Gasteiger partial charge is 0.337 e. The number of aromatic carboxylic acids is 1. The van der Waals surface area contributed by atoms with Crippen LogP contribution in [0, 0.1) is 5.41 Å². The molecule has 1 fully saturated rings. The van der Waals surface area contributed by atoms with Crippen LogP contribution in [0.4, 0.5) is 5.69 Å². The van der Waals surface area contributed by atoms with E-state index >= 15 is 0 Å². The van der Waals surface area contributed by atoms with Crippen molar-refractivity contribution in [2.24, 2.45) is 5.41 Å². The molecule has 2 rings (SSSR count). The SMILES string of the molecule is CC1(CNS(=O)(=O)c2cc(N)ccc2C(=O)O)CCCC1. The topological polar surface area (TPSA) is 109 Å². The van der Waals surface area contributed by atoms with E-state index < -0.39 is 16.0 Å². The maximum atomic E-state index is 12.4. The van der Waals surface area contributed by atoms with Gasteiger partial charge in [-0.1, -0.05) is 19.8 Å². The summed E-state index contributed by atoms with van der Waals surface area (Å²) in [6.45, 7) is 2.35. The fraction of sp³-hybridized carbons (Fsp3) is 0.500. The normalized spacial score (nSPS) is 17.8. The molecular formula is C14H20N2O4S. The van der Waals surface area contributed by atoms with E-state index in [0.29, 0.717) is 6.54 Å². The standard InChI is InChI=1S/C14H20N2O4S/c1-14(6-2-3-7-14)9-16-21(19,20)12-8-10(15)4-5-11(12)13(17)18/h4-5,8,16H,2-3,6-7,9,15H2,1H3,(H,17,18). The number of benzene rings is 1. The number of nitrogens with two attached hydrogens (primary N) is 1. The van der Waals surface area contributed by atoms with Gasteiger partial charge < -0.3 is 10.8 Å². The van der Waals surface area contributed by atoms with Crippen molar-refractivity contribution in [1.82, 2.24) is 4.72 Å². The summed E-state index contributed by atoms with van der Waals surface area (Å²) in [4.78, 5) is 10.9. The maximum absolute atomic E-state index is 12.4. The molecule has 1 saturated carbocycles. The van der Waals surface area contributed by atoms with Gasteiger partial charge in [-0.15, -0.1) is 0 Å². The second-order valence-corrected chi connectivity index (χ2v) is 7.64. The Balaban J connectivity index is 2.27. The molecule has 0 spiro atoms. The van der Waals surface area contributed by atoms with Crippen LogP contribution in [0.3, 0.4) is 0 Å². The van der Waals surface area contributed by atoms with Crippen LogP contribution in [0.5, 0.6) is 0 Å². The summed E-state index contributed by atoms with van der Waals surface area (Å²) in [5, 5.41) is 9.12. The summed E-state index contributed by atoms with van der Waals surface area (Å²) >= 11 is 0. The Bertz CT molecular complexity index is 649. The molecule has 116 valence electrons. The zero-order chi connectivity index (χ0) is 15.7. The lowest BCUT2D eigenvalue weighted by atomic mass is 9.89. The van der Waals surface area contributed by atoms with Gasteiger partial charge >= 0.3 is 5.97 Å². The molecule has 7 heteroatoms. The summed E-state index contributed by atoms with van der Waals surface area (Å²) in [6, 6.07) is 3.77. The van der Waals surface area contributed by atoms with Crippen molar-refractivity contribution in [1.29, 1.82) is 0 Å². The average Bonchev–Trinajstić information content (AvgIpc) is 2.84. The van der Waals surface area contributed by atoms with E-state index in [1.165, 1.54) is 18.2 Å². The van der Waals surface area contributed by atoms with E-state index in [1.807, 2.05) is 6.92 Å². The number of nitrogen functional groups attached to an aromatic ring is 1. The zero-order valence-corrected chi connectivity index (χ0v) is 12.7. The molecule has 0 saturated heterocycles. The van der Waals surface area contributed by atoms with Crippen molar-refractivity contribution in [3.8, 4) is 0 Å². The highest BCUT2D eigenvalue weighted by molar-refractivity contribution is 7.89. The van der Waals surface area contributed by atoms with Crippen LogP contribution >= 0.6 is 0 Å². The van der Waals surface area contributed by atoms with Gasteiger partial charge in [-0.05, 0) is 36.5 Å². The third-order valence-electron chi connectivity index (χ3n) is 4.03. The van der Waals surface area contributed by atoms with E-state index in [1.54, 1.807) is 0 Å². The molecular weight excluding hydrogens is 292 g/mol. The molecule has 6 nitrogen and oxygen atoms in total. The van der Waals surface area contributed by atoms with Crippen LogP contribution in [0.25, 0.3) is 0 Å². The van der Waals surface area contributed by atoms with Gasteiger partial charge in [-0.2, -0.15) is 0 Å². The third-order valence-corrected chi connectivity index (χ3v) is 5.47. The predicted molar refractivity (Wildman–Crippen MR) is 79.6 cm³/mol. The van der Waals surface area contributed by atoms with Gasteiger partial charge in [0.05, 0.1) is 10.5 Å². The first-order valence-electron chi connectivity index (χ1n) is 6.86. The Kier molecular flexibility index (Phi) is 4.25. The number of hydrogen-bond donors (Lipinski definition) is 3. The second kappa shape index (κ2) is 5.65. The summed E-state index contributed by atoms with van der Waals surface area (Å²) in [5.41, 5.74) is 5.47. The first-order valence-corrected chi connectivity index (χ1v) is 8.34. The molecule has 1 aromatic carbocycles. The fourth-order valence-corrected chi connectivity index (χ4v) is 4.12. The van der Waals surface area contributed by atoms with Crippen molar-refractivity contribution < 1.29 is 18.3 Å². The number of carboxylic acids is 1. The Labute approximate surface area is 124 Å². The van der Waals surface area contributed by atoms with Crippen LogP contribution in [-0.4, -0.2) is 26.0 Å². The maximum Gasteiger partial charge on any atom is 0.337 e. The largest absolute Gasteiger partial charge is 0.478 e. The molecule has 0 aliphatic heterocycles. The highest BCUT2D eigenvalue weighted by Gasteiger charge is 2.31. The Morgan fingerprint density at radius 1 is 1.38 bits per heavy atom. The lowest BCUT2D eigenvalue weighted by Crippen LogP contribution is -2.34. The van der Waals surface area contributed by atoms with Gasteiger partial charge in [0, 0.05) is 12.2 Å². The Morgan fingerprint density at radius 2 is 2.00 bits per heavy atom. The Hall–Kier alpha value is -1.60. The van der Waals surface area contributed by atoms with E-state index in [2.05, 4.69) is 4.72 Å². The lowest BCUT2D eigenvalue weighted by molar-refractivity contribution is 0.0692. The minimum absolute atomic E-state index is 0.0587. The van der Waals surface area contributed by atoms with Gasteiger partial charge in [-0.3, -0.25) is 0 Å². The molecule has 1 aliphatic carbocycles. The van der Waals surface area contributed by atoms with E-state index in [0.717, 1.165) is 25.7 Å². The van der Waals surface area contributed by atoms with E-state index in [9.17, 15) is 13.2 Å². The molecule has 4 N–H and O–H groups in total. The number of anilines is 1. The van der Waals surface area contributed by atoms with Crippen LogP contribution in [-0.2, 0) is 10.0 Å². The molecule has 21 heavy (non-hydrogen) atoms. The highest BCUT2D eigenvalue weighted by atomic mass is 32.2. The van der Waals surface area contributed by atoms with Crippen molar-refractivity contribution in [2.45, 2.75) is 37.5 Å². The molecule has 0 amide bonds. The van der Waals surface area contributed by atoms with E-state index in [4.69, 9.17) is 10.8 Å². The van der Waals surface area contributed by atoms with Gasteiger partial charge in [0.15, 0.2) is 0 Å². The van der Waals surface area contributed by atoms with Crippen LogP contribution in [0.15, 0.2) is 23.1 Å². The molecule has 0 bridgehead atoms. The molecule has 0 radical (unpaired) electrons. The number of carbonyl (C=O) groups is 1. The van der Waals surface area contributed by atoms with Crippen LogP contribution in [0.1, 0.15) is 43.0 Å². The minimum Gasteiger partial charge on any atom is -0.478 e. The van der Waals surface area contributed by atoms with E-state index in [-0.39, 0.29) is 21.6 Å². The Morgan fingerprint density at radius 3 is 2.57 bits per heavy atom. The van der Waals surface area contributed by atoms with Crippen molar-refractivity contribution >= 4 is 21.7 Å². The first-order chi connectivity index (χ1) is 9.73. The fourth-order valence-electron chi connectivity index (χ4n) is 2.69. The van der Waals surface area contributed by atoms with Crippen molar-refractivity contribution in [3.05, 3.63) is 23.8 Å². The lowest BCUT2D eigenvalue weighted by Gasteiger charge is -2.23. The van der Waals surface area contributed by atoms with Gasteiger partial charge in [0.1, 0.15) is 0 Å². The quantitative estimate of drug-likeness (QED) is 0.718. The van der Waals surface area contributed by atoms with Crippen molar-refractivity contribution in [3.63, 3.8) is 0 Å². The monoisotopic (exact) mass is 312 g/mol. The van der Waals surface area contributed by atoms with Gasteiger partial charge in [-0.25, -0.2) is 17.9 Å². The molecule has 1 aliphatic rings. The molecule has 0 atom stereocenters. The highest BCUT2D eigenvalue weighted by Crippen LogP contribution is 2.37. The van der Waals surface area contributed by atoms with Crippen molar-refractivity contribution in [2.75, 3.05) is 12.3 Å². The number of rotatable bonds is 5. The van der Waals surface area contributed by atoms with Gasteiger partial charge in [0.2, 0.25) is 10.0 Å². The second-order valence-electron chi connectivity index (χ2n) is 5.90. The zero-order valence-electron chi connectivity index (χ0n) is 11.9. The average molecular weight is 312 g/mol. The number of sulfonamides is 1. The molecule has 0 heterocycles. The third kappa shape index (κ3) is 3.54. The molecule has 0 unspecified atom stereocenters. The number of carboxylic acid groups (broad SMARTS) is 1. The summed E-state index contributed by atoms with van der Waals surface area (Å²) < 4.78 is 27.3. The first kappa shape index (κ1) is 15.8. The van der Waals surface area contributed by atoms with Crippen LogP contribution in [0.2, 0.25) is 0 Å².